The van der Waals surface area contributed by atoms with Crippen LogP contribution in [0.5, 0.6) is 0 Å². The summed E-state index contributed by atoms with van der Waals surface area (Å²) in [6.07, 6.45) is 4.06. The highest BCUT2D eigenvalue weighted by atomic mass is 16.5. The Bertz CT molecular complexity index is 1310. The van der Waals surface area contributed by atoms with Crippen molar-refractivity contribution in [3.63, 3.8) is 0 Å². The first-order valence-electron chi connectivity index (χ1n) is 13.7. The third kappa shape index (κ3) is 5.85. The van der Waals surface area contributed by atoms with E-state index in [-0.39, 0.29) is 18.0 Å². The first-order chi connectivity index (χ1) is 18.8. The molecule has 2 aromatic carbocycles. The number of ether oxygens (including phenoxy) is 1. The number of piperidine rings is 1. The van der Waals surface area contributed by atoms with E-state index >= 15 is 0 Å². The van der Waals surface area contributed by atoms with Crippen molar-refractivity contribution in [2.24, 2.45) is 10.4 Å². The van der Waals surface area contributed by atoms with Crippen LogP contribution in [0.1, 0.15) is 61.0 Å². The summed E-state index contributed by atoms with van der Waals surface area (Å²) in [5.74, 6) is 1.22. The highest BCUT2D eigenvalue weighted by Gasteiger charge is 2.33. The number of carbonyl (C=O) groups is 1. The topological polar surface area (TPSA) is 84.2 Å². The zero-order valence-electron chi connectivity index (χ0n) is 23.4. The molecule has 5 rings (SSSR count). The van der Waals surface area contributed by atoms with Crippen LogP contribution in [0.4, 0.5) is 11.4 Å². The van der Waals surface area contributed by atoms with Gasteiger partial charge in [0.25, 0.3) is 5.91 Å². The zero-order chi connectivity index (χ0) is 27.6. The lowest BCUT2D eigenvalue weighted by molar-refractivity contribution is 0.0987. The van der Waals surface area contributed by atoms with E-state index in [1.54, 1.807) is 12.0 Å². The number of aliphatic imine (C=N–C) groups is 1. The quantitative estimate of drug-likeness (QED) is 0.569. The van der Waals surface area contributed by atoms with E-state index in [1.807, 2.05) is 41.4 Å². The second-order valence-corrected chi connectivity index (χ2v) is 11.8. The molecule has 0 spiro atoms. The van der Waals surface area contributed by atoms with E-state index in [9.17, 15) is 10.1 Å². The number of allylic oxidation sites excluding steroid dienone is 1. The number of rotatable bonds is 6. The van der Waals surface area contributed by atoms with Crippen LogP contribution in [-0.4, -0.2) is 68.1 Å². The minimum atomic E-state index is -0.0766. The number of amidine groups is 1. The maximum atomic E-state index is 13.8. The van der Waals surface area contributed by atoms with Gasteiger partial charge in [-0.25, -0.2) is 4.99 Å². The Morgan fingerprint density at radius 3 is 2.56 bits per heavy atom. The highest BCUT2D eigenvalue weighted by Crippen LogP contribution is 2.37. The first kappa shape index (κ1) is 26.9. The fourth-order valence-electron chi connectivity index (χ4n) is 5.65. The lowest BCUT2D eigenvalue weighted by atomic mass is 9.89. The van der Waals surface area contributed by atoms with Crippen LogP contribution < -0.4 is 10.2 Å². The third-order valence-corrected chi connectivity index (χ3v) is 7.58. The fraction of sp³-hybridized carbons (Fsp3) is 0.452. The van der Waals surface area contributed by atoms with E-state index in [4.69, 9.17) is 9.73 Å². The molecule has 0 aliphatic carbocycles. The van der Waals surface area contributed by atoms with Gasteiger partial charge in [-0.1, -0.05) is 39.0 Å². The summed E-state index contributed by atoms with van der Waals surface area (Å²) < 4.78 is 5.22. The molecule has 3 heterocycles. The molecule has 1 saturated heterocycles. The molecule has 204 valence electrons. The summed E-state index contributed by atoms with van der Waals surface area (Å²) in [5, 5.41) is 13.0. The van der Waals surface area contributed by atoms with E-state index in [1.165, 1.54) is 5.56 Å². The average molecular weight is 527 g/mol. The summed E-state index contributed by atoms with van der Waals surface area (Å²) in [6.45, 7) is 11.3. The predicted octanol–water partition coefficient (Wildman–Crippen LogP) is 5.02. The van der Waals surface area contributed by atoms with Gasteiger partial charge < -0.3 is 19.9 Å². The molecule has 3 aliphatic heterocycles. The Labute approximate surface area is 231 Å². The van der Waals surface area contributed by atoms with Crippen molar-refractivity contribution < 1.29 is 9.53 Å². The number of methoxy groups -OCH3 is 1. The maximum absolute atomic E-state index is 13.8. The van der Waals surface area contributed by atoms with Crippen molar-refractivity contribution in [3.8, 4) is 6.07 Å². The molecule has 1 fully saturated rings. The van der Waals surface area contributed by atoms with E-state index in [0.717, 1.165) is 61.9 Å². The molecular formula is C31H38N6O2. The van der Waals surface area contributed by atoms with E-state index in [0.29, 0.717) is 23.7 Å². The Hall–Kier alpha value is -3.67. The summed E-state index contributed by atoms with van der Waals surface area (Å²) >= 11 is 0. The Morgan fingerprint density at radius 1 is 1.15 bits per heavy atom. The number of carbonyl (C=O) groups excluding carboxylic acids is 1. The van der Waals surface area contributed by atoms with Crippen molar-refractivity contribution in [1.29, 1.82) is 5.26 Å². The van der Waals surface area contributed by atoms with Gasteiger partial charge in [0, 0.05) is 32.0 Å². The maximum Gasteiger partial charge on any atom is 0.259 e. The van der Waals surface area contributed by atoms with Crippen LogP contribution in [0.25, 0.3) is 0 Å². The zero-order valence-corrected chi connectivity index (χ0v) is 23.4. The number of amides is 1. The summed E-state index contributed by atoms with van der Waals surface area (Å²) in [6, 6.07) is 16.2. The van der Waals surface area contributed by atoms with Gasteiger partial charge in [-0.05, 0) is 67.1 Å². The van der Waals surface area contributed by atoms with Gasteiger partial charge in [-0.3, -0.25) is 9.69 Å². The van der Waals surface area contributed by atoms with Gasteiger partial charge in [0.05, 0.1) is 23.5 Å². The molecule has 39 heavy (non-hydrogen) atoms. The van der Waals surface area contributed by atoms with Gasteiger partial charge in [0.15, 0.2) is 0 Å². The van der Waals surface area contributed by atoms with Crippen LogP contribution in [0.2, 0.25) is 0 Å². The molecule has 0 saturated carbocycles. The lowest BCUT2D eigenvalue weighted by Gasteiger charge is -2.35. The lowest BCUT2D eigenvalue weighted by Crippen LogP contribution is -2.41. The van der Waals surface area contributed by atoms with Gasteiger partial charge >= 0.3 is 0 Å². The molecule has 2 aromatic rings. The molecular weight excluding hydrogens is 488 g/mol. The fourth-order valence-corrected chi connectivity index (χ4v) is 5.65. The van der Waals surface area contributed by atoms with Crippen LogP contribution in [0.15, 0.2) is 59.4 Å². The van der Waals surface area contributed by atoms with Crippen LogP contribution >= 0.6 is 0 Å². The number of hydrogen-bond donors (Lipinski definition) is 1. The highest BCUT2D eigenvalue weighted by molar-refractivity contribution is 6.16. The monoisotopic (exact) mass is 526 g/mol. The van der Waals surface area contributed by atoms with Crippen molar-refractivity contribution in [3.05, 3.63) is 71.1 Å². The molecule has 8 heteroatoms. The third-order valence-electron chi connectivity index (χ3n) is 7.58. The van der Waals surface area contributed by atoms with E-state index in [2.05, 4.69) is 49.2 Å². The van der Waals surface area contributed by atoms with Crippen molar-refractivity contribution in [2.45, 2.75) is 39.5 Å². The normalized spacial score (nSPS) is 17.9. The molecule has 1 N–H and O–H groups in total. The van der Waals surface area contributed by atoms with Gasteiger partial charge in [-0.15, -0.1) is 0 Å². The largest absolute Gasteiger partial charge is 0.383 e. The summed E-state index contributed by atoms with van der Waals surface area (Å²) in [7, 11) is 1.75. The van der Waals surface area contributed by atoms with Crippen LogP contribution in [-0.2, 0) is 4.74 Å². The number of benzene rings is 2. The van der Waals surface area contributed by atoms with Gasteiger partial charge in [0.2, 0.25) is 0 Å². The molecule has 0 radical (unpaired) electrons. The standard InChI is InChI=1S/C31H38N6O2/c1-31(2,3)20-36-19-25(18-32)34-26-6-5-7-27-28(26)29(36)33-21-37(27)30(38)24-10-8-22(9-11-24)23-12-14-35(15-13-23)16-17-39-4/h5-11,19,23,34H,12-17,20-21H2,1-4H3. The molecule has 8 nitrogen and oxygen atoms in total. The molecule has 0 unspecified atom stereocenters. The van der Waals surface area contributed by atoms with Gasteiger partial charge in [-0.2, -0.15) is 5.26 Å². The number of nitriles is 1. The van der Waals surface area contributed by atoms with Gasteiger partial charge in [0.1, 0.15) is 24.3 Å². The minimum Gasteiger partial charge on any atom is -0.383 e. The molecule has 0 aromatic heterocycles. The predicted molar refractivity (Wildman–Crippen MR) is 155 cm³/mol. The van der Waals surface area contributed by atoms with Crippen LogP contribution in [0, 0.1) is 16.7 Å². The second kappa shape index (κ2) is 11.2. The SMILES string of the molecule is COCCN1CCC(c2ccc(C(=O)N3CN=C4c5c(cccc53)NC(C#N)=CN4CC(C)(C)C)cc2)CC1. The molecule has 0 atom stereocenters. The number of hydrogen-bond acceptors (Lipinski definition) is 7. The van der Waals surface area contributed by atoms with Crippen molar-refractivity contribution in [1.82, 2.24) is 9.80 Å². The molecule has 3 aliphatic rings. The minimum absolute atomic E-state index is 0.0196. The Balaban J connectivity index is 1.37. The number of nitrogens with one attached hydrogen (secondary N) is 1. The second-order valence-electron chi connectivity index (χ2n) is 11.8. The summed E-state index contributed by atoms with van der Waals surface area (Å²) in [4.78, 5) is 24.9. The number of anilines is 2. The van der Waals surface area contributed by atoms with Crippen molar-refractivity contribution >= 4 is 23.1 Å². The smallest absolute Gasteiger partial charge is 0.259 e. The average Bonchev–Trinajstić information content (AvgIpc) is 3.08. The van der Waals surface area contributed by atoms with E-state index < -0.39 is 0 Å². The Kier molecular flexibility index (Phi) is 7.74. The van der Waals surface area contributed by atoms with Crippen molar-refractivity contribution in [2.75, 3.05) is 56.8 Å². The first-order valence-corrected chi connectivity index (χ1v) is 13.7. The number of likely N-dealkylation sites (tertiary alicyclic amines) is 1. The molecule has 0 bridgehead atoms. The summed E-state index contributed by atoms with van der Waals surface area (Å²) in [5.41, 5.74) is 4.80. The molecule has 1 amide bonds. The number of nitrogens with zero attached hydrogens (tertiary/aromatic N) is 5. The van der Waals surface area contributed by atoms with Crippen LogP contribution in [0.3, 0.4) is 0 Å². The Morgan fingerprint density at radius 2 is 1.90 bits per heavy atom.